The monoisotopic (exact) mass is 431 g/mol. The molecule has 0 unspecified atom stereocenters. The molecule has 0 atom stereocenters. The van der Waals surface area contributed by atoms with Gasteiger partial charge in [0, 0.05) is 16.2 Å². The third-order valence-corrected chi connectivity index (χ3v) is 5.23. The van der Waals surface area contributed by atoms with Crippen LogP contribution in [0.15, 0.2) is 63.0 Å². The third-order valence-electron chi connectivity index (χ3n) is 3.75. The molecule has 1 amide bonds. The molecule has 1 aromatic heterocycles. The van der Waals surface area contributed by atoms with E-state index < -0.39 is 0 Å². The summed E-state index contributed by atoms with van der Waals surface area (Å²) in [6.07, 6.45) is 0. The number of aromatic nitrogens is 2. The molecule has 0 saturated heterocycles. The van der Waals surface area contributed by atoms with E-state index in [2.05, 4.69) is 26.2 Å². The van der Waals surface area contributed by atoms with Crippen molar-refractivity contribution >= 4 is 50.2 Å². The molecule has 3 rings (SSSR count). The maximum absolute atomic E-state index is 12.8. The van der Waals surface area contributed by atoms with E-state index in [-0.39, 0.29) is 23.3 Å². The molecule has 0 aliphatic carbocycles. The fourth-order valence-corrected chi connectivity index (χ4v) is 3.74. The number of hydrogen-bond donors (Lipinski definition) is 1. The van der Waals surface area contributed by atoms with E-state index in [0.717, 1.165) is 10.2 Å². The summed E-state index contributed by atoms with van der Waals surface area (Å²) in [6.45, 7) is 3.87. The molecular formula is C19H18BrN3O2S. The Morgan fingerprint density at radius 3 is 2.58 bits per heavy atom. The van der Waals surface area contributed by atoms with Crippen molar-refractivity contribution in [3.63, 3.8) is 0 Å². The molecule has 134 valence electrons. The average molecular weight is 432 g/mol. The molecule has 3 aromatic rings. The zero-order chi connectivity index (χ0) is 18.7. The molecule has 26 heavy (non-hydrogen) atoms. The number of thioether (sulfide) groups is 1. The smallest absolute Gasteiger partial charge is 0.262 e. The van der Waals surface area contributed by atoms with Crippen molar-refractivity contribution in [2.75, 3.05) is 11.1 Å². The minimum absolute atomic E-state index is 0.0448. The number of carbonyl (C=O) groups is 1. The lowest BCUT2D eigenvalue weighted by atomic mass is 10.2. The van der Waals surface area contributed by atoms with E-state index in [9.17, 15) is 9.59 Å². The van der Waals surface area contributed by atoms with Crippen LogP contribution < -0.4 is 10.9 Å². The zero-order valence-electron chi connectivity index (χ0n) is 14.4. The molecule has 0 aliphatic rings. The SMILES string of the molecule is CC(C)n1c(SCC(=O)Nc2ccc(Br)cc2)nc2ccccc2c1=O. The highest BCUT2D eigenvalue weighted by atomic mass is 79.9. The van der Waals surface area contributed by atoms with Gasteiger partial charge in [0.2, 0.25) is 5.91 Å². The first-order chi connectivity index (χ1) is 12.5. The molecule has 7 heteroatoms. The lowest BCUT2D eigenvalue weighted by Gasteiger charge is -2.16. The number of para-hydroxylation sites is 1. The quantitative estimate of drug-likeness (QED) is 0.477. The molecule has 0 aliphatic heterocycles. The van der Waals surface area contributed by atoms with Crippen LogP contribution >= 0.6 is 27.7 Å². The Bertz CT molecular complexity index is 1000. The van der Waals surface area contributed by atoms with Gasteiger partial charge in [0.15, 0.2) is 5.16 Å². The van der Waals surface area contributed by atoms with Crippen molar-refractivity contribution in [1.29, 1.82) is 0 Å². The lowest BCUT2D eigenvalue weighted by Crippen LogP contribution is -2.25. The Balaban J connectivity index is 1.81. The van der Waals surface area contributed by atoms with Crippen LogP contribution in [0.4, 0.5) is 5.69 Å². The molecule has 2 aromatic carbocycles. The standard InChI is InChI=1S/C19H18BrN3O2S/c1-12(2)23-18(25)15-5-3-4-6-16(15)22-19(23)26-11-17(24)21-14-9-7-13(20)8-10-14/h3-10,12H,11H2,1-2H3,(H,21,24). The maximum atomic E-state index is 12.8. The highest BCUT2D eigenvalue weighted by molar-refractivity contribution is 9.10. The van der Waals surface area contributed by atoms with Crippen LogP contribution in [0.25, 0.3) is 10.9 Å². The van der Waals surface area contributed by atoms with Crippen LogP contribution in [0.2, 0.25) is 0 Å². The lowest BCUT2D eigenvalue weighted by molar-refractivity contribution is -0.113. The van der Waals surface area contributed by atoms with Gasteiger partial charge in [-0.1, -0.05) is 39.8 Å². The first kappa shape index (κ1) is 18.7. The van der Waals surface area contributed by atoms with Crippen LogP contribution in [-0.2, 0) is 4.79 Å². The number of nitrogens with one attached hydrogen (secondary N) is 1. The average Bonchev–Trinajstić information content (AvgIpc) is 2.61. The first-order valence-corrected chi connectivity index (χ1v) is 9.93. The van der Waals surface area contributed by atoms with Crippen LogP contribution in [0.5, 0.6) is 0 Å². The topological polar surface area (TPSA) is 64.0 Å². The second-order valence-electron chi connectivity index (χ2n) is 6.02. The predicted molar refractivity (Wildman–Crippen MR) is 110 cm³/mol. The summed E-state index contributed by atoms with van der Waals surface area (Å²) < 4.78 is 2.59. The van der Waals surface area contributed by atoms with Gasteiger partial charge < -0.3 is 5.32 Å². The van der Waals surface area contributed by atoms with E-state index in [0.29, 0.717) is 16.1 Å². The number of benzene rings is 2. The third kappa shape index (κ3) is 4.16. The summed E-state index contributed by atoms with van der Waals surface area (Å²) in [5.41, 5.74) is 1.29. The highest BCUT2D eigenvalue weighted by Crippen LogP contribution is 2.21. The number of carbonyl (C=O) groups excluding carboxylic acids is 1. The largest absolute Gasteiger partial charge is 0.325 e. The van der Waals surface area contributed by atoms with Gasteiger partial charge in [0.05, 0.1) is 16.7 Å². The van der Waals surface area contributed by atoms with Crippen molar-refractivity contribution in [1.82, 2.24) is 9.55 Å². The second-order valence-corrected chi connectivity index (χ2v) is 7.88. The van der Waals surface area contributed by atoms with Crippen LogP contribution in [0.1, 0.15) is 19.9 Å². The van der Waals surface area contributed by atoms with Gasteiger partial charge in [-0.15, -0.1) is 0 Å². The van der Waals surface area contributed by atoms with Crippen LogP contribution in [-0.4, -0.2) is 21.2 Å². The predicted octanol–water partition coefficient (Wildman–Crippen LogP) is 4.47. The van der Waals surface area contributed by atoms with Crippen LogP contribution in [0.3, 0.4) is 0 Å². The number of amides is 1. The van der Waals surface area contributed by atoms with E-state index in [1.165, 1.54) is 11.8 Å². The number of halogens is 1. The highest BCUT2D eigenvalue weighted by Gasteiger charge is 2.15. The van der Waals surface area contributed by atoms with E-state index in [4.69, 9.17) is 0 Å². The minimum Gasteiger partial charge on any atom is -0.325 e. The number of hydrogen-bond acceptors (Lipinski definition) is 4. The summed E-state index contributed by atoms with van der Waals surface area (Å²) in [5.74, 6) is 0.0307. The van der Waals surface area contributed by atoms with E-state index in [1.807, 2.05) is 56.3 Å². The Labute approximate surface area is 164 Å². The molecule has 0 fully saturated rings. The normalized spacial score (nSPS) is 11.1. The molecule has 5 nitrogen and oxygen atoms in total. The zero-order valence-corrected chi connectivity index (χ0v) is 16.8. The van der Waals surface area contributed by atoms with Crippen molar-refractivity contribution < 1.29 is 4.79 Å². The molecule has 1 heterocycles. The van der Waals surface area contributed by atoms with E-state index in [1.54, 1.807) is 10.6 Å². The summed E-state index contributed by atoms with van der Waals surface area (Å²) in [6, 6.07) is 14.6. The second kappa shape index (κ2) is 8.05. The number of nitrogens with zero attached hydrogens (tertiary/aromatic N) is 2. The minimum atomic E-state index is -0.143. The fourth-order valence-electron chi connectivity index (χ4n) is 2.54. The summed E-state index contributed by atoms with van der Waals surface area (Å²) in [7, 11) is 0. The molecule has 0 bridgehead atoms. The van der Waals surface area contributed by atoms with E-state index >= 15 is 0 Å². The molecule has 0 radical (unpaired) electrons. The van der Waals surface area contributed by atoms with Crippen LogP contribution in [0, 0.1) is 0 Å². The van der Waals surface area contributed by atoms with Crippen molar-refractivity contribution in [2.24, 2.45) is 0 Å². The number of anilines is 1. The summed E-state index contributed by atoms with van der Waals surface area (Å²) in [4.78, 5) is 29.6. The van der Waals surface area contributed by atoms with Gasteiger partial charge in [0.1, 0.15) is 0 Å². The van der Waals surface area contributed by atoms with Gasteiger partial charge in [-0.05, 0) is 50.2 Å². The molecule has 0 spiro atoms. The summed E-state index contributed by atoms with van der Waals surface area (Å²) >= 11 is 4.63. The molecule has 0 saturated carbocycles. The number of fused-ring (bicyclic) bond motifs is 1. The van der Waals surface area contributed by atoms with Crippen molar-refractivity contribution in [3.05, 3.63) is 63.4 Å². The van der Waals surface area contributed by atoms with Crippen molar-refractivity contribution in [2.45, 2.75) is 25.0 Å². The van der Waals surface area contributed by atoms with Gasteiger partial charge >= 0.3 is 0 Å². The number of rotatable bonds is 5. The Morgan fingerprint density at radius 2 is 1.88 bits per heavy atom. The Hall–Kier alpha value is -2.12. The van der Waals surface area contributed by atoms with Gasteiger partial charge in [0.25, 0.3) is 5.56 Å². The molecular weight excluding hydrogens is 414 g/mol. The Morgan fingerprint density at radius 1 is 1.19 bits per heavy atom. The first-order valence-electron chi connectivity index (χ1n) is 8.15. The Kier molecular flexibility index (Phi) is 5.78. The van der Waals surface area contributed by atoms with Gasteiger partial charge in [-0.3, -0.25) is 14.2 Å². The maximum Gasteiger partial charge on any atom is 0.262 e. The van der Waals surface area contributed by atoms with Gasteiger partial charge in [-0.25, -0.2) is 4.98 Å². The van der Waals surface area contributed by atoms with Crippen molar-refractivity contribution in [3.8, 4) is 0 Å². The van der Waals surface area contributed by atoms with Gasteiger partial charge in [-0.2, -0.15) is 0 Å². The molecule has 1 N–H and O–H groups in total. The summed E-state index contributed by atoms with van der Waals surface area (Å²) in [5, 5.41) is 3.98. The fraction of sp³-hybridized carbons (Fsp3) is 0.211.